The monoisotopic (exact) mass is 790 g/mol. The van der Waals surface area contributed by atoms with E-state index in [1.165, 1.54) is 82.9 Å². The maximum absolute atomic E-state index is 5.01. The molecule has 0 radical (unpaired) electrons. The molecule has 7 rings (SSSR count). The first-order valence-electron chi connectivity index (χ1n) is 22.3. The fourth-order valence-corrected chi connectivity index (χ4v) is 4.50. The fourth-order valence-electron chi connectivity index (χ4n) is 3.72. The molecule has 0 bridgehead atoms. The van der Waals surface area contributed by atoms with E-state index >= 15 is 0 Å². The molecule has 0 amide bonds. The second kappa shape index (κ2) is 88.9. The normalized spacial score (nSPS) is 18.5. The second-order valence-electron chi connectivity index (χ2n) is 9.48. The number of nitrogens with one attached hydrogen (secondary N) is 7. The quantitative estimate of drug-likeness (QED) is 0.137. The number of thioether (sulfide) groups is 1. The van der Waals surface area contributed by atoms with Gasteiger partial charge < -0.3 is 50.8 Å². The minimum atomic E-state index is 0.500. The Kier molecular flexibility index (Phi) is 113. The Morgan fingerprint density at radius 3 is 0.736 bits per heavy atom. The first-order chi connectivity index (χ1) is 26.5. The summed E-state index contributed by atoms with van der Waals surface area (Å²) >= 11 is 2.03. The third kappa shape index (κ3) is 85.4. The maximum atomic E-state index is 5.01. The van der Waals surface area contributed by atoms with Crippen LogP contribution in [0.25, 0.3) is 0 Å². The Labute approximate surface area is 339 Å². The average molecular weight is 790 g/mol. The Hall–Kier alpha value is -0.0900. The molecule has 0 aromatic rings. The van der Waals surface area contributed by atoms with E-state index in [4.69, 9.17) is 18.9 Å². The van der Waals surface area contributed by atoms with Gasteiger partial charge in [0.05, 0.1) is 39.8 Å². The van der Waals surface area contributed by atoms with E-state index in [0.717, 1.165) is 85.6 Å². The molecule has 7 saturated heterocycles. The van der Waals surface area contributed by atoms with Crippen molar-refractivity contribution in [2.75, 3.05) is 143 Å². The van der Waals surface area contributed by atoms with Gasteiger partial charge in [-0.15, -0.1) is 0 Å². The summed E-state index contributed by atoms with van der Waals surface area (Å²) in [6, 6.07) is 0. The van der Waals surface area contributed by atoms with Gasteiger partial charge in [0.2, 0.25) is 0 Å². The van der Waals surface area contributed by atoms with Gasteiger partial charge in [-0.2, -0.15) is 11.8 Å². The zero-order valence-corrected chi connectivity index (χ0v) is 39.4. The summed E-state index contributed by atoms with van der Waals surface area (Å²) in [4.78, 5) is 0. The van der Waals surface area contributed by atoms with Crippen molar-refractivity contribution in [3.63, 3.8) is 0 Å². The summed E-state index contributed by atoms with van der Waals surface area (Å²) < 4.78 is 19.3. The first kappa shape index (κ1) is 67.6. The molecule has 332 valence electrons. The van der Waals surface area contributed by atoms with Crippen LogP contribution in [0.15, 0.2) is 0 Å². The molecule has 7 aliphatic rings. The molecule has 7 aliphatic heterocycles. The average Bonchev–Trinajstić information content (AvgIpc) is 4.18. The van der Waals surface area contributed by atoms with Crippen LogP contribution in [0, 0.1) is 0 Å². The third-order valence-corrected chi connectivity index (χ3v) is 6.97. The molecular weight excluding hydrogens is 687 g/mol. The van der Waals surface area contributed by atoms with E-state index in [0.29, 0.717) is 6.79 Å². The summed E-state index contributed by atoms with van der Waals surface area (Å²) in [5.74, 6) is 2.61. The lowest BCUT2D eigenvalue weighted by atomic mass is 10.2. The molecule has 0 atom stereocenters. The smallest absolute Gasteiger partial charge is 0.146 e. The lowest BCUT2D eigenvalue weighted by Gasteiger charge is -2.11. The van der Waals surface area contributed by atoms with Gasteiger partial charge in [-0.3, -0.25) is 5.32 Å². The van der Waals surface area contributed by atoms with Crippen molar-refractivity contribution in [2.24, 2.45) is 0 Å². The van der Waals surface area contributed by atoms with E-state index in [2.05, 4.69) is 37.2 Å². The van der Waals surface area contributed by atoms with Crippen molar-refractivity contribution in [1.29, 1.82) is 0 Å². The number of hydrogen-bond acceptors (Lipinski definition) is 12. The van der Waals surface area contributed by atoms with E-state index in [9.17, 15) is 0 Å². The predicted octanol–water partition coefficient (Wildman–Crippen LogP) is 6.98. The summed E-state index contributed by atoms with van der Waals surface area (Å²) in [5.41, 5.74) is 0. The Morgan fingerprint density at radius 2 is 0.604 bits per heavy atom. The lowest BCUT2D eigenvalue weighted by Crippen LogP contribution is -2.39. The van der Waals surface area contributed by atoms with Gasteiger partial charge in [0.25, 0.3) is 0 Å². The highest BCUT2D eigenvalue weighted by Gasteiger charge is 1.96. The van der Waals surface area contributed by atoms with Crippen LogP contribution < -0.4 is 37.2 Å². The zero-order chi connectivity index (χ0) is 41.6. The Balaban J connectivity index is -0.0000000884. The second-order valence-corrected chi connectivity index (χ2v) is 10.7. The van der Waals surface area contributed by atoms with Crippen molar-refractivity contribution >= 4 is 11.8 Å². The molecular formula is C41H103N7O4S. The predicted molar refractivity (Wildman–Crippen MR) is 243 cm³/mol. The third-order valence-electron chi connectivity index (χ3n) is 5.98. The van der Waals surface area contributed by atoms with E-state index in [-0.39, 0.29) is 0 Å². The number of ether oxygens (including phenoxy) is 4. The van der Waals surface area contributed by atoms with Gasteiger partial charge >= 0.3 is 0 Å². The summed E-state index contributed by atoms with van der Waals surface area (Å²) in [7, 11) is 0. The molecule has 11 nitrogen and oxygen atoms in total. The lowest BCUT2D eigenvalue weighted by molar-refractivity contribution is 0.0692. The minimum Gasteiger partial charge on any atom is -0.379 e. The molecule has 7 fully saturated rings. The molecule has 0 spiro atoms. The van der Waals surface area contributed by atoms with E-state index in [1.54, 1.807) is 0 Å². The number of rotatable bonds is 0. The van der Waals surface area contributed by atoms with Crippen LogP contribution in [-0.4, -0.2) is 143 Å². The van der Waals surface area contributed by atoms with Crippen molar-refractivity contribution in [2.45, 2.75) is 129 Å². The Morgan fingerprint density at radius 1 is 0.283 bits per heavy atom. The maximum Gasteiger partial charge on any atom is 0.146 e. The molecule has 0 unspecified atom stereocenters. The molecule has 0 aromatic carbocycles. The van der Waals surface area contributed by atoms with Crippen LogP contribution in [0.2, 0.25) is 0 Å². The summed E-state index contributed by atoms with van der Waals surface area (Å²) in [6.07, 6.45) is 6.99. The molecule has 0 saturated carbocycles. The van der Waals surface area contributed by atoms with Crippen LogP contribution in [0.4, 0.5) is 0 Å². The van der Waals surface area contributed by atoms with Crippen LogP contribution in [0.5, 0.6) is 0 Å². The zero-order valence-electron chi connectivity index (χ0n) is 38.6. The van der Waals surface area contributed by atoms with Gasteiger partial charge in [0.1, 0.15) is 6.79 Å². The number of piperazine rings is 1. The molecule has 12 heteroatoms. The van der Waals surface area contributed by atoms with Crippen molar-refractivity contribution < 1.29 is 18.9 Å². The molecule has 7 heterocycles. The van der Waals surface area contributed by atoms with Gasteiger partial charge in [-0.25, -0.2) is 0 Å². The van der Waals surface area contributed by atoms with Crippen LogP contribution in [0.1, 0.15) is 129 Å². The standard InChI is InChI=1S/C5H11N.C4H10N2.C4H9NO.C4H9NS.C4H9N.C3H7NO.C3H6O2.7C2H6/c1-2-4-6-5-3-1;1-2-6-4-3-5-1;2*1-3-6-4-2-5-1;1-2-4-5-3-1;2*1-2-5-3-4-1;7*1-2/h6H,1-5H2;5-6H,1-4H2;2*5H,1-4H2;5H,1-4H2;4H,1-3H2;1-3H2;7*1-2H3. The molecule has 53 heavy (non-hydrogen) atoms. The van der Waals surface area contributed by atoms with Gasteiger partial charge in [0.15, 0.2) is 0 Å². The van der Waals surface area contributed by atoms with Crippen LogP contribution in [-0.2, 0) is 18.9 Å². The highest BCUT2D eigenvalue weighted by Crippen LogP contribution is 1.99. The van der Waals surface area contributed by atoms with Gasteiger partial charge in [0, 0.05) is 70.4 Å². The Bertz CT molecular complexity index is 300. The number of piperidine rings is 1. The highest BCUT2D eigenvalue weighted by atomic mass is 32.2. The summed E-state index contributed by atoms with van der Waals surface area (Å²) in [5, 5.41) is 22.4. The molecule has 0 aliphatic carbocycles. The largest absolute Gasteiger partial charge is 0.379 e. The summed E-state index contributed by atoms with van der Waals surface area (Å²) in [6.45, 7) is 48.5. The van der Waals surface area contributed by atoms with Crippen molar-refractivity contribution in [3.05, 3.63) is 0 Å². The van der Waals surface area contributed by atoms with Crippen LogP contribution in [0.3, 0.4) is 0 Å². The van der Waals surface area contributed by atoms with Gasteiger partial charge in [-0.05, 0) is 51.9 Å². The highest BCUT2D eigenvalue weighted by molar-refractivity contribution is 7.99. The van der Waals surface area contributed by atoms with E-state index < -0.39 is 0 Å². The SMILES string of the molecule is C1CCNC1.C1CCNCC1.C1CNCCN1.C1COCCN1.C1COCN1.C1COCO1.C1CSCCN1.CC.CC.CC.CC.CC.CC.CC. The number of hydrogen-bond donors (Lipinski definition) is 7. The van der Waals surface area contributed by atoms with Crippen molar-refractivity contribution in [3.8, 4) is 0 Å². The first-order valence-corrected chi connectivity index (χ1v) is 23.5. The topological polar surface area (TPSA) is 121 Å². The number of morpholine rings is 1. The van der Waals surface area contributed by atoms with Crippen LogP contribution >= 0.6 is 11.8 Å². The van der Waals surface area contributed by atoms with Crippen molar-refractivity contribution in [1.82, 2.24) is 37.2 Å². The van der Waals surface area contributed by atoms with E-state index in [1.807, 2.05) is 109 Å². The molecule has 7 N–H and O–H groups in total. The van der Waals surface area contributed by atoms with Gasteiger partial charge in [-0.1, -0.05) is 103 Å². The minimum absolute atomic E-state index is 0.500. The fraction of sp³-hybridized carbons (Fsp3) is 1.00. The molecule has 0 aromatic heterocycles.